The molecule has 0 bridgehead atoms. The highest BCUT2D eigenvalue weighted by Gasteiger charge is 2.12. The summed E-state index contributed by atoms with van der Waals surface area (Å²) < 4.78 is 19.1. The van der Waals surface area contributed by atoms with Gasteiger partial charge in [0.1, 0.15) is 5.82 Å². The molecule has 110 valence electrons. The second-order valence-electron chi connectivity index (χ2n) is 4.44. The number of phenols is 1. The Morgan fingerprint density at radius 2 is 1.90 bits per heavy atom. The van der Waals surface area contributed by atoms with Crippen LogP contribution in [0, 0.1) is 5.82 Å². The maximum absolute atomic E-state index is 14.0. The molecule has 2 rings (SSSR count). The lowest BCUT2D eigenvalue weighted by Gasteiger charge is -2.09. The first-order valence-corrected chi connectivity index (χ1v) is 6.52. The minimum Gasteiger partial charge on any atom is -0.504 e. The van der Waals surface area contributed by atoms with Crippen molar-refractivity contribution in [3.63, 3.8) is 0 Å². The molecule has 0 heterocycles. The molecule has 0 aromatic heterocycles. The van der Waals surface area contributed by atoms with Gasteiger partial charge in [0.2, 0.25) is 0 Å². The Labute approximate surface area is 122 Å². The first-order valence-electron chi connectivity index (χ1n) is 6.52. The van der Waals surface area contributed by atoms with Gasteiger partial charge in [0, 0.05) is 6.54 Å². The summed E-state index contributed by atoms with van der Waals surface area (Å²) in [5, 5.41) is 12.1. The van der Waals surface area contributed by atoms with Crippen LogP contribution in [0.2, 0.25) is 0 Å². The number of carbonyl (C=O) groups is 1. The summed E-state index contributed by atoms with van der Waals surface area (Å²) >= 11 is 0. The van der Waals surface area contributed by atoms with Crippen LogP contribution < -0.4 is 10.1 Å². The van der Waals surface area contributed by atoms with Crippen molar-refractivity contribution >= 4 is 5.91 Å². The average Bonchev–Trinajstić information content (AvgIpc) is 2.47. The van der Waals surface area contributed by atoms with E-state index in [1.165, 1.54) is 25.3 Å². The normalized spacial score (nSPS) is 10.2. The molecule has 2 aromatic rings. The van der Waals surface area contributed by atoms with Crippen molar-refractivity contribution in [1.82, 2.24) is 5.32 Å². The molecular formula is C16H16FNO3. The summed E-state index contributed by atoms with van der Waals surface area (Å²) in [4.78, 5) is 11.7. The Morgan fingerprint density at radius 3 is 2.52 bits per heavy atom. The second kappa shape index (κ2) is 6.26. The van der Waals surface area contributed by atoms with Crippen molar-refractivity contribution in [3.8, 4) is 22.6 Å². The maximum atomic E-state index is 14.0. The van der Waals surface area contributed by atoms with Crippen LogP contribution in [0.25, 0.3) is 11.1 Å². The Balaban J connectivity index is 2.38. The van der Waals surface area contributed by atoms with Gasteiger partial charge in [-0.15, -0.1) is 0 Å². The van der Waals surface area contributed by atoms with Crippen molar-refractivity contribution in [2.75, 3.05) is 13.7 Å². The van der Waals surface area contributed by atoms with E-state index in [-0.39, 0.29) is 11.3 Å². The first-order chi connectivity index (χ1) is 10.1. The molecule has 0 fully saturated rings. The summed E-state index contributed by atoms with van der Waals surface area (Å²) in [6, 6.07) is 9.11. The van der Waals surface area contributed by atoms with E-state index in [4.69, 9.17) is 4.74 Å². The zero-order chi connectivity index (χ0) is 15.4. The minimum absolute atomic E-state index is 0.00587. The number of methoxy groups -OCH3 is 1. The summed E-state index contributed by atoms with van der Waals surface area (Å²) in [5.74, 6) is -0.711. The lowest BCUT2D eigenvalue weighted by Crippen LogP contribution is -2.23. The highest BCUT2D eigenvalue weighted by atomic mass is 19.1. The standard InChI is InChI=1S/C16H16FNO3/c1-3-18-16(20)12-6-4-10(8-13(12)17)11-5-7-14(19)15(9-11)21-2/h4-9,19H,3H2,1-2H3,(H,18,20). The number of hydrogen-bond donors (Lipinski definition) is 2. The zero-order valence-electron chi connectivity index (χ0n) is 11.8. The molecule has 0 atom stereocenters. The Kier molecular flexibility index (Phi) is 4.42. The quantitative estimate of drug-likeness (QED) is 0.909. The molecule has 0 aliphatic rings. The SMILES string of the molecule is CCNC(=O)c1ccc(-c2ccc(O)c(OC)c2)cc1F. The monoisotopic (exact) mass is 289 g/mol. The molecule has 2 N–H and O–H groups in total. The molecule has 0 spiro atoms. The highest BCUT2D eigenvalue weighted by Crippen LogP contribution is 2.31. The fourth-order valence-corrected chi connectivity index (χ4v) is 1.99. The number of ether oxygens (including phenoxy) is 1. The number of aromatic hydroxyl groups is 1. The number of halogens is 1. The van der Waals surface area contributed by atoms with Crippen LogP contribution in [0.4, 0.5) is 4.39 Å². The molecule has 0 radical (unpaired) electrons. The third-order valence-corrected chi connectivity index (χ3v) is 3.06. The molecule has 0 saturated carbocycles. The topological polar surface area (TPSA) is 58.6 Å². The number of amides is 1. The summed E-state index contributed by atoms with van der Waals surface area (Å²) in [6.07, 6.45) is 0. The molecule has 5 heteroatoms. The van der Waals surface area contributed by atoms with Gasteiger partial charge in [-0.2, -0.15) is 0 Å². The summed E-state index contributed by atoms with van der Waals surface area (Å²) in [7, 11) is 1.44. The maximum Gasteiger partial charge on any atom is 0.254 e. The van der Waals surface area contributed by atoms with E-state index in [0.717, 1.165) is 0 Å². The molecule has 4 nitrogen and oxygen atoms in total. The van der Waals surface area contributed by atoms with Crippen molar-refractivity contribution in [1.29, 1.82) is 0 Å². The number of nitrogens with one attached hydrogen (secondary N) is 1. The van der Waals surface area contributed by atoms with E-state index in [2.05, 4.69) is 5.32 Å². The van der Waals surface area contributed by atoms with E-state index in [1.54, 1.807) is 25.1 Å². The van der Waals surface area contributed by atoms with Gasteiger partial charge >= 0.3 is 0 Å². The van der Waals surface area contributed by atoms with E-state index in [1.807, 2.05) is 0 Å². The van der Waals surface area contributed by atoms with Crippen molar-refractivity contribution in [2.24, 2.45) is 0 Å². The fourth-order valence-electron chi connectivity index (χ4n) is 1.99. The van der Waals surface area contributed by atoms with Gasteiger partial charge in [-0.3, -0.25) is 4.79 Å². The van der Waals surface area contributed by atoms with Crippen molar-refractivity contribution in [3.05, 3.63) is 47.8 Å². The van der Waals surface area contributed by atoms with E-state index < -0.39 is 11.7 Å². The number of rotatable bonds is 4. The zero-order valence-corrected chi connectivity index (χ0v) is 11.8. The predicted octanol–water partition coefficient (Wildman–Crippen LogP) is 2.96. The van der Waals surface area contributed by atoms with Crippen molar-refractivity contribution < 1.29 is 19.0 Å². The van der Waals surface area contributed by atoms with E-state index >= 15 is 0 Å². The van der Waals surface area contributed by atoms with Gasteiger partial charge in [-0.05, 0) is 42.3 Å². The molecular weight excluding hydrogens is 273 g/mol. The summed E-state index contributed by atoms with van der Waals surface area (Å²) in [6.45, 7) is 2.21. The molecule has 0 saturated heterocycles. The Morgan fingerprint density at radius 1 is 1.24 bits per heavy atom. The van der Waals surface area contributed by atoms with Gasteiger partial charge in [-0.1, -0.05) is 12.1 Å². The molecule has 0 aliphatic heterocycles. The van der Waals surface area contributed by atoms with Crippen molar-refractivity contribution in [2.45, 2.75) is 6.92 Å². The molecule has 0 unspecified atom stereocenters. The number of benzene rings is 2. The summed E-state index contributed by atoms with van der Waals surface area (Å²) in [5.41, 5.74) is 1.29. The van der Waals surface area contributed by atoms with Crippen LogP contribution in [-0.2, 0) is 0 Å². The van der Waals surface area contributed by atoms with Crippen LogP contribution in [0.15, 0.2) is 36.4 Å². The molecule has 21 heavy (non-hydrogen) atoms. The largest absolute Gasteiger partial charge is 0.504 e. The predicted molar refractivity (Wildman–Crippen MR) is 78.1 cm³/mol. The van der Waals surface area contributed by atoms with Crippen LogP contribution in [0.1, 0.15) is 17.3 Å². The van der Waals surface area contributed by atoms with E-state index in [0.29, 0.717) is 23.4 Å². The fraction of sp³-hybridized carbons (Fsp3) is 0.188. The molecule has 1 amide bonds. The highest BCUT2D eigenvalue weighted by molar-refractivity contribution is 5.95. The smallest absolute Gasteiger partial charge is 0.254 e. The number of phenolic OH excluding ortho intramolecular Hbond substituents is 1. The number of carbonyl (C=O) groups excluding carboxylic acids is 1. The Bertz CT molecular complexity index is 671. The Hall–Kier alpha value is -2.56. The van der Waals surface area contributed by atoms with Crippen LogP contribution in [-0.4, -0.2) is 24.7 Å². The average molecular weight is 289 g/mol. The van der Waals surface area contributed by atoms with Gasteiger partial charge < -0.3 is 15.2 Å². The van der Waals surface area contributed by atoms with Crippen LogP contribution in [0.3, 0.4) is 0 Å². The van der Waals surface area contributed by atoms with Gasteiger partial charge in [0.05, 0.1) is 12.7 Å². The van der Waals surface area contributed by atoms with Gasteiger partial charge in [0.15, 0.2) is 11.5 Å². The van der Waals surface area contributed by atoms with E-state index in [9.17, 15) is 14.3 Å². The lowest BCUT2D eigenvalue weighted by atomic mass is 10.0. The minimum atomic E-state index is -0.592. The lowest BCUT2D eigenvalue weighted by molar-refractivity contribution is 0.0952. The van der Waals surface area contributed by atoms with Crippen LogP contribution in [0.5, 0.6) is 11.5 Å². The third kappa shape index (κ3) is 3.13. The van der Waals surface area contributed by atoms with Crippen LogP contribution >= 0.6 is 0 Å². The molecule has 2 aromatic carbocycles. The number of hydrogen-bond acceptors (Lipinski definition) is 3. The molecule has 0 aliphatic carbocycles. The first kappa shape index (κ1) is 14.8. The van der Waals surface area contributed by atoms with Gasteiger partial charge in [-0.25, -0.2) is 4.39 Å². The third-order valence-electron chi connectivity index (χ3n) is 3.06. The van der Waals surface area contributed by atoms with Gasteiger partial charge in [0.25, 0.3) is 5.91 Å². The second-order valence-corrected chi connectivity index (χ2v) is 4.44.